The third-order valence-corrected chi connectivity index (χ3v) is 3.10. The van der Waals surface area contributed by atoms with Gasteiger partial charge in [-0.3, -0.25) is 13.9 Å². The Bertz CT molecular complexity index is 723. The van der Waals surface area contributed by atoms with E-state index >= 15 is 0 Å². The van der Waals surface area contributed by atoms with Crippen LogP contribution in [0.1, 0.15) is 6.92 Å². The molecule has 3 N–H and O–H groups in total. The number of aromatic nitrogens is 4. The molecule has 0 aliphatic carbocycles. The molecule has 0 saturated carbocycles. The number of hydrogen-bond donors (Lipinski definition) is 2. The van der Waals surface area contributed by atoms with Crippen LogP contribution >= 0.6 is 0 Å². The van der Waals surface area contributed by atoms with E-state index in [1.54, 1.807) is 11.6 Å². The van der Waals surface area contributed by atoms with Crippen LogP contribution in [0.5, 0.6) is 0 Å². The predicted octanol–water partition coefficient (Wildman–Crippen LogP) is -1.18. The molecule has 0 radical (unpaired) electrons. The lowest BCUT2D eigenvalue weighted by Crippen LogP contribution is -2.38. The lowest BCUT2D eigenvalue weighted by Gasteiger charge is -2.06. The zero-order valence-corrected chi connectivity index (χ0v) is 11.3. The molecule has 0 aliphatic heterocycles. The zero-order valence-electron chi connectivity index (χ0n) is 11.3. The highest BCUT2D eigenvalue weighted by molar-refractivity contribution is 5.74. The number of fused-ring (bicyclic) bond motifs is 1. The summed E-state index contributed by atoms with van der Waals surface area (Å²) in [6.07, 6.45) is 0. The average Bonchev–Trinajstić information content (AvgIpc) is 2.72. The maximum atomic E-state index is 12.2. The fourth-order valence-electron chi connectivity index (χ4n) is 2.06. The SMILES string of the molecule is CCn1c(=O)n(C)c(=O)c2c1nc(NCCN)n2C. The summed E-state index contributed by atoms with van der Waals surface area (Å²) < 4.78 is 4.23. The number of anilines is 1. The molecule has 0 atom stereocenters. The standard InChI is InChI=1S/C11H18N6O2/c1-4-17-8-7(9(18)16(3)11(17)19)15(2)10(14-8)13-6-5-12/h4-6,12H2,1-3H3,(H,13,14). The predicted molar refractivity (Wildman–Crippen MR) is 73.4 cm³/mol. The second-order valence-electron chi connectivity index (χ2n) is 4.27. The molecule has 0 aliphatic rings. The van der Waals surface area contributed by atoms with Gasteiger partial charge in [0, 0.05) is 33.7 Å². The summed E-state index contributed by atoms with van der Waals surface area (Å²) in [5, 5.41) is 3.03. The number of nitrogens with two attached hydrogens (primary N) is 1. The van der Waals surface area contributed by atoms with Crippen molar-refractivity contribution in [3.63, 3.8) is 0 Å². The summed E-state index contributed by atoms with van der Waals surface area (Å²) in [6.45, 7) is 3.30. The molecule has 104 valence electrons. The largest absolute Gasteiger partial charge is 0.354 e. The van der Waals surface area contributed by atoms with Crippen LogP contribution < -0.4 is 22.3 Å². The molecular formula is C11H18N6O2. The van der Waals surface area contributed by atoms with Gasteiger partial charge in [-0.15, -0.1) is 0 Å². The Kier molecular flexibility index (Phi) is 3.43. The maximum absolute atomic E-state index is 12.2. The van der Waals surface area contributed by atoms with Crippen molar-refractivity contribution in [3.8, 4) is 0 Å². The molecule has 0 unspecified atom stereocenters. The number of nitrogens with zero attached hydrogens (tertiary/aromatic N) is 4. The van der Waals surface area contributed by atoms with Crippen molar-refractivity contribution < 1.29 is 0 Å². The molecule has 0 spiro atoms. The van der Waals surface area contributed by atoms with Crippen LogP contribution in [0.25, 0.3) is 11.2 Å². The van der Waals surface area contributed by atoms with Crippen LogP contribution in [0.15, 0.2) is 9.59 Å². The highest BCUT2D eigenvalue weighted by atomic mass is 16.2. The third-order valence-electron chi connectivity index (χ3n) is 3.10. The molecule has 2 rings (SSSR count). The molecule has 0 fully saturated rings. The van der Waals surface area contributed by atoms with E-state index in [0.717, 1.165) is 4.57 Å². The number of imidazole rings is 1. The molecule has 2 heterocycles. The summed E-state index contributed by atoms with van der Waals surface area (Å²) in [5.41, 5.74) is 5.54. The van der Waals surface area contributed by atoms with Gasteiger partial charge in [0.1, 0.15) is 0 Å². The van der Waals surface area contributed by atoms with Gasteiger partial charge in [-0.2, -0.15) is 4.98 Å². The molecular weight excluding hydrogens is 248 g/mol. The van der Waals surface area contributed by atoms with E-state index in [-0.39, 0.29) is 11.2 Å². The highest BCUT2D eigenvalue weighted by Crippen LogP contribution is 2.13. The van der Waals surface area contributed by atoms with Crippen molar-refractivity contribution in [2.45, 2.75) is 13.5 Å². The number of nitrogens with one attached hydrogen (secondary N) is 1. The summed E-state index contributed by atoms with van der Waals surface area (Å²) in [4.78, 5) is 28.5. The molecule has 0 saturated heterocycles. The quantitative estimate of drug-likeness (QED) is 0.726. The van der Waals surface area contributed by atoms with Crippen molar-refractivity contribution in [1.82, 2.24) is 18.7 Å². The van der Waals surface area contributed by atoms with E-state index in [2.05, 4.69) is 10.3 Å². The molecule has 2 aromatic heterocycles. The summed E-state index contributed by atoms with van der Waals surface area (Å²) >= 11 is 0. The lowest BCUT2D eigenvalue weighted by atomic mass is 10.5. The van der Waals surface area contributed by atoms with Gasteiger partial charge in [0.25, 0.3) is 5.56 Å². The van der Waals surface area contributed by atoms with Gasteiger partial charge in [0.2, 0.25) is 5.95 Å². The molecule has 0 bridgehead atoms. The molecule has 8 heteroatoms. The Labute approximate surface area is 109 Å². The van der Waals surface area contributed by atoms with Crippen LogP contribution in [0.2, 0.25) is 0 Å². The summed E-state index contributed by atoms with van der Waals surface area (Å²) in [5.74, 6) is 0.533. The number of rotatable bonds is 4. The highest BCUT2D eigenvalue weighted by Gasteiger charge is 2.17. The molecule has 2 aromatic rings. The monoisotopic (exact) mass is 266 g/mol. The van der Waals surface area contributed by atoms with Crippen LogP contribution in [-0.2, 0) is 20.6 Å². The second kappa shape index (κ2) is 4.88. The fraction of sp³-hybridized carbons (Fsp3) is 0.545. The Morgan fingerprint density at radius 1 is 1.26 bits per heavy atom. The fourth-order valence-corrected chi connectivity index (χ4v) is 2.06. The van der Waals surface area contributed by atoms with Crippen molar-refractivity contribution in [2.24, 2.45) is 19.8 Å². The first-order valence-electron chi connectivity index (χ1n) is 6.13. The first-order chi connectivity index (χ1) is 9.02. The van der Waals surface area contributed by atoms with Gasteiger partial charge in [-0.05, 0) is 6.92 Å². The maximum Gasteiger partial charge on any atom is 0.332 e. The van der Waals surface area contributed by atoms with E-state index in [1.165, 1.54) is 11.6 Å². The van der Waals surface area contributed by atoms with E-state index in [9.17, 15) is 9.59 Å². The Morgan fingerprint density at radius 3 is 2.53 bits per heavy atom. The van der Waals surface area contributed by atoms with Gasteiger partial charge in [0.05, 0.1) is 0 Å². The van der Waals surface area contributed by atoms with Crippen LogP contribution in [0.4, 0.5) is 5.95 Å². The molecule has 0 aromatic carbocycles. The Morgan fingerprint density at radius 2 is 1.95 bits per heavy atom. The normalized spacial score (nSPS) is 11.2. The minimum Gasteiger partial charge on any atom is -0.354 e. The van der Waals surface area contributed by atoms with Crippen molar-refractivity contribution in [3.05, 3.63) is 20.8 Å². The average molecular weight is 266 g/mol. The first-order valence-corrected chi connectivity index (χ1v) is 6.13. The van der Waals surface area contributed by atoms with Crippen molar-refractivity contribution >= 4 is 17.1 Å². The van der Waals surface area contributed by atoms with Crippen molar-refractivity contribution in [1.29, 1.82) is 0 Å². The topological polar surface area (TPSA) is 99.9 Å². The van der Waals surface area contributed by atoms with E-state index in [0.29, 0.717) is 36.7 Å². The smallest absolute Gasteiger partial charge is 0.332 e. The van der Waals surface area contributed by atoms with E-state index in [4.69, 9.17) is 5.73 Å². The van der Waals surface area contributed by atoms with Crippen molar-refractivity contribution in [2.75, 3.05) is 18.4 Å². The minimum absolute atomic E-state index is 0.347. The Hall–Kier alpha value is -2.09. The molecule has 8 nitrogen and oxygen atoms in total. The number of hydrogen-bond acceptors (Lipinski definition) is 5. The molecule has 19 heavy (non-hydrogen) atoms. The summed E-state index contributed by atoms with van der Waals surface area (Å²) in [6, 6.07) is 0. The Balaban J connectivity index is 2.82. The van der Waals surface area contributed by atoms with Gasteiger partial charge in [-0.25, -0.2) is 4.79 Å². The van der Waals surface area contributed by atoms with E-state index < -0.39 is 0 Å². The van der Waals surface area contributed by atoms with Crippen LogP contribution in [0, 0.1) is 0 Å². The van der Waals surface area contributed by atoms with Crippen LogP contribution in [0.3, 0.4) is 0 Å². The number of aryl methyl sites for hydroxylation is 2. The van der Waals surface area contributed by atoms with Crippen LogP contribution in [-0.4, -0.2) is 31.8 Å². The third kappa shape index (κ3) is 1.93. The molecule has 0 amide bonds. The van der Waals surface area contributed by atoms with E-state index in [1.807, 2.05) is 6.92 Å². The van der Waals surface area contributed by atoms with Gasteiger partial charge < -0.3 is 15.6 Å². The van der Waals surface area contributed by atoms with Gasteiger partial charge in [0.15, 0.2) is 11.2 Å². The second-order valence-corrected chi connectivity index (χ2v) is 4.27. The van der Waals surface area contributed by atoms with Gasteiger partial charge in [-0.1, -0.05) is 0 Å². The summed E-state index contributed by atoms with van der Waals surface area (Å²) in [7, 11) is 3.20. The minimum atomic E-state index is -0.358. The zero-order chi connectivity index (χ0) is 14.2. The lowest BCUT2D eigenvalue weighted by molar-refractivity contribution is 0.651. The van der Waals surface area contributed by atoms with Gasteiger partial charge >= 0.3 is 5.69 Å². The first kappa shape index (κ1) is 13.3.